The average molecular weight is 229 g/mol. The summed E-state index contributed by atoms with van der Waals surface area (Å²) >= 11 is 0. The third-order valence-electron chi connectivity index (χ3n) is 3.46. The minimum atomic E-state index is -0.213. The molecule has 1 unspecified atom stereocenters. The molecule has 0 radical (unpaired) electrons. The van der Waals surface area contributed by atoms with Crippen molar-refractivity contribution in [3.8, 4) is 0 Å². The number of amides is 1. The van der Waals surface area contributed by atoms with Crippen LogP contribution in [0, 0.1) is 0 Å². The van der Waals surface area contributed by atoms with Gasteiger partial charge in [-0.05, 0) is 26.0 Å². The van der Waals surface area contributed by atoms with Crippen molar-refractivity contribution < 1.29 is 4.79 Å². The van der Waals surface area contributed by atoms with E-state index in [9.17, 15) is 4.79 Å². The maximum atomic E-state index is 11.5. The molecule has 17 heavy (non-hydrogen) atoms. The van der Waals surface area contributed by atoms with E-state index in [-0.39, 0.29) is 17.4 Å². The van der Waals surface area contributed by atoms with E-state index >= 15 is 0 Å². The van der Waals surface area contributed by atoms with Crippen molar-refractivity contribution in [3.05, 3.63) is 36.3 Å². The standard InChI is InChI=1S/C13H15N3O/c1-13(2)9(7-12(17)15-13)10-8-16-6-4-3-5-11(16)14-10/h3-6,8-9H,7H2,1-2H3,(H,15,17). The highest BCUT2D eigenvalue weighted by molar-refractivity contribution is 5.81. The van der Waals surface area contributed by atoms with Crippen LogP contribution < -0.4 is 5.32 Å². The van der Waals surface area contributed by atoms with Crippen LogP contribution in [0.1, 0.15) is 31.9 Å². The molecule has 0 bridgehead atoms. The molecule has 1 saturated heterocycles. The van der Waals surface area contributed by atoms with Gasteiger partial charge in [0.2, 0.25) is 5.91 Å². The van der Waals surface area contributed by atoms with Gasteiger partial charge in [-0.25, -0.2) is 4.98 Å². The Bertz CT molecular complexity index is 552. The number of hydrogen-bond acceptors (Lipinski definition) is 2. The Morgan fingerprint density at radius 1 is 1.47 bits per heavy atom. The lowest BCUT2D eigenvalue weighted by atomic mass is 9.87. The van der Waals surface area contributed by atoms with Crippen LogP contribution in [0.15, 0.2) is 30.6 Å². The van der Waals surface area contributed by atoms with Gasteiger partial charge in [0.25, 0.3) is 0 Å². The minimum Gasteiger partial charge on any atom is -0.351 e. The molecule has 1 aliphatic rings. The molecule has 1 aliphatic heterocycles. The quantitative estimate of drug-likeness (QED) is 0.809. The van der Waals surface area contributed by atoms with E-state index in [1.54, 1.807) is 0 Å². The lowest BCUT2D eigenvalue weighted by molar-refractivity contribution is -0.119. The smallest absolute Gasteiger partial charge is 0.221 e. The predicted octanol–water partition coefficient (Wildman–Crippen LogP) is 1.72. The summed E-state index contributed by atoms with van der Waals surface area (Å²) in [7, 11) is 0. The van der Waals surface area contributed by atoms with Gasteiger partial charge < -0.3 is 9.72 Å². The zero-order valence-corrected chi connectivity index (χ0v) is 9.97. The number of carbonyl (C=O) groups excluding carboxylic acids is 1. The molecule has 1 N–H and O–H groups in total. The number of fused-ring (bicyclic) bond motifs is 1. The maximum Gasteiger partial charge on any atom is 0.221 e. The molecule has 3 heterocycles. The lowest BCUT2D eigenvalue weighted by Crippen LogP contribution is -2.38. The SMILES string of the molecule is CC1(C)NC(=O)CC1c1cn2ccccc2n1. The van der Waals surface area contributed by atoms with Crippen LogP contribution in [0.2, 0.25) is 0 Å². The van der Waals surface area contributed by atoms with E-state index in [4.69, 9.17) is 0 Å². The normalized spacial score (nSPS) is 22.9. The highest BCUT2D eigenvalue weighted by Gasteiger charge is 2.41. The molecule has 0 spiro atoms. The number of carbonyl (C=O) groups is 1. The Morgan fingerprint density at radius 3 is 2.94 bits per heavy atom. The molecular weight excluding hydrogens is 214 g/mol. The van der Waals surface area contributed by atoms with Crippen molar-refractivity contribution in [2.24, 2.45) is 0 Å². The molecule has 88 valence electrons. The molecule has 4 nitrogen and oxygen atoms in total. The van der Waals surface area contributed by atoms with Gasteiger partial charge in [0, 0.05) is 30.3 Å². The predicted molar refractivity (Wildman–Crippen MR) is 64.8 cm³/mol. The molecule has 0 aliphatic carbocycles. The summed E-state index contributed by atoms with van der Waals surface area (Å²) in [6, 6.07) is 5.91. The van der Waals surface area contributed by atoms with E-state index in [0.29, 0.717) is 6.42 Å². The van der Waals surface area contributed by atoms with Crippen LogP contribution >= 0.6 is 0 Å². The first-order valence-electron chi connectivity index (χ1n) is 5.81. The first kappa shape index (κ1) is 10.3. The summed E-state index contributed by atoms with van der Waals surface area (Å²) < 4.78 is 1.99. The minimum absolute atomic E-state index is 0.108. The van der Waals surface area contributed by atoms with Gasteiger partial charge in [-0.15, -0.1) is 0 Å². The van der Waals surface area contributed by atoms with Crippen molar-refractivity contribution in [2.75, 3.05) is 0 Å². The van der Waals surface area contributed by atoms with E-state index < -0.39 is 0 Å². The second-order valence-electron chi connectivity index (χ2n) is 5.16. The van der Waals surface area contributed by atoms with E-state index in [0.717, 1.165) is 11.3 Å². The molecule has 1 fully saturated rings. The van der Waals surface area contributed by atoms with Crippen molar-refractivity contribution in [3.63, 3.8) is 0 Å². The monoisotopic (exact) mass is 229 g/mol. The molecular formula is C13H15N3O. The van der Waals surface area contributed by atoms with Crippen LogP contribution in [-0.2, 0) is 4.79 Å². The highest BCUT2D eigenvalue weighted by Crippen LogP contribution is 2.35. The summed E-state index contributed by atoms with van der Waals surface area (Å²) in [5, 5.41) is 3.00. The van der Waals surface area contributed by atoms with Crippen molar-refractivity contribution in [1.29, 1.82) is 0 Å². The second-order valence-corrected chi connectivity index (χ2v) is 5.16. The number of rotatable bonds is 1. The number of nitrogens with zero attached hydrogens (tertiary/aromatic N) is 2. The summed E-state index contributed by atoms with van der Waals surface area (Å²) in [6.07, 6.45) is 4.52. The maximum absolute atomic E-state index is 11.5. The zero-order chi connectivity index (χ0) is 12.0. The summed E-state index contributed by atoms with van der Waals surface area (Å²) in [5.41, 5.74) is 1.70. The van der Waals surface area contributed by atoms with Crippen LogP contribution in [0.25, 0.3) is 5.65 Å². The molecule has 2 aromatic heterocycles. The van der Waals surface area contributed by atoms with Crippen LogP contribution in [-0.4, -0.2) is 20.8 Å². The molecule has 2 aromatic rings. The number of imidazole rings is 1. The Kier molecular flexibility index (Phi) is 2.02. The Labute approximate surface area is 99.7 Å². The van der Waals surface area contributed by atoms with Crippen LogP contribution in [0.5, 0.6) is 0 Å². The topological polar surface area (TPSA) is 46.4 Å². The van der Waals surface area contributed by atoms with Crippen molar-refractivity contribution in [2.45, 2.75) is 31.7 Å². The molecule has 4 heteroatoms. The van der Waals surface area contributed by atoms with E-state index in [1.165, 1.54) is 0 Å². The van der Waals surface area contributed by atoms with Crippen molar-refractivity contribution in [1.82, 2.24) is 14.7 Å². The lowest BCUT2D eigenvalue weighted by Gasteiger charge is -2.24. The molecule has 0 aromatic carbocycles. The summed E-state index contributed by atoms with van der Waals surface area (Å²) in [4.78, 5) is 16.1. The second kappa shape index (κ2) is 3.32. The number of nitrogens with one attached hydrogen (secondary N) is 1. The van der Waals surface area contributed by atoms with Gasteiger partial charge >= 0.3 is 0 Å². The van der Waals surface area contributed by atoms with Crippen molar-refractivity contribution >= 4 is 11.6 Å². The van der Waals surface area contributed by atoms with Crippen LogP contribution in [0.4, 0.5) is 0 Å². The van der Waals surface area contributed by atoms with E-state index in [1.807, 2.05) is 48.8 Å². The van der Waals surface area contributed by atoms with Gasteiger partial charge in [0.15, 0.2) is 0 Å². The van der Waals surface area contributed by atoms with Gasteiger partial charge in [0.1, 0.15) is 5.65 Å². The zero-order valence-electron chi connectivity index (χ0n) is 9.97. The molecule has 0 saturated carbocycles. The summed E-state index contributed by atoms with van der Waals surface area (Å²) in [6.45, 7) is 4.10. The fourth-order valence-corrected chi connectivity index (χ4v) is 2.53. The van der Waals surface area contributed by atoms with Gasteiger partial charge in [0.05, 0.1) is 5.69 Å². The summed E-state index contributed by atoms with van der Waals surface area (Å²) in [5.74, 6) is 0.256. The van der Waals surface area contributed by atoms with Crippen LogP contribution in [0.3, 0.4) is 0 Å². The first-order valence-corrected chi connectivity index (χ1v) is 5.81. The third kappa shape index (κ3) is 1.60. The molecule has 1 amide bonds. The Morgan fingerprint density at radius 2 is 2.29 bits per heavy atom. The number of hydrogen-bond donors (Lipinski definition) is 1. The van der Waals surface area contributed by atoms with E-state index in [2.05, 4.69) is 10.3 Å². The molecule has 3 rings (SSSR count). The number of aromatic nitrogens is 2. The third-order valence-corrected chi connectivity index (χ3v) is 3.46. The molecule has 1 atom stereocenters. The Balaban J connectivity index is 2.06. The van der Waals surface area contributed by atoms with Gasteiger partial charge in [-0.2, -0.15) is 0 Å². The number of pyridine rings is 1. The Hall–Kier alpha value is -1.84. The fraction of sp³-hybridized carbons (Fsp3) is 0.385. The first-order chi connectivity index (χ1) is 8.06. The highest BCUT2D eigenvalue weighted by atomic mass is 16.2. The fourth-order valence-electron chi connectivity index (χ4n) is 2.53. The largest absolute Gasteiger partial charge is 0.351 e. The van der Waals surface area contributed by atoms with Gasteiger partial charge in [-0.1, -0.05) is 6.07 Å². The van der Waals surface area contributed by atoms with Gasteiger partial charge in [-0.3, -0.25) is 4.79 Å². The average Bonchev–Trinajstić information content (AvgIpc) is 2.78.